The molecule has 0 bridgehead atoms. The Balaban J connectivity index is 0.000000138. The molecule has 7 aromatic rings. The third kappa shape index (κ3) is 4.40. The molecule has 0 saturated heterocycles. The van der Waals surface area contributed by atoms with E-state index >= 15 is 0 Å². The Labute approximate surface area is 240 Å². The van der Waals surface area contributed by atoms with Crippen molar-refractivity contribution in [2.45, 2.75) is 13.5 Å². The van der Waals surface area contributed by atoms with Crippen LogP contribution in [0.25, 0.3) is 61.2 Å². The molecule has 0 saturated carbocycles. The molecule has 39 heavy (non-hydrogen) atoms. The Morgan fingerprint density at radius 2 is 1.69 bits per heavy atom. The topological polar surface area (TPSA) is 43.9 Å². The first-order valence-corrected chi connectivity index (χ1v) is 12.6. The third-order valence-corrected chi connectivity index (χ3v) is 6.98. The van der Waals surface area contributed by atoms with Gasteiger partial charge in [0, 0.05) is 43.8 Å². The fourth-order valence-corrected chi connectivity index (χ4v) is 5.15. The zero-order valence-electron chi connectivity index (χ0n) is 21.2. The summed E-state index contributed by atoms with van der Waals surface area (Å²) in [4.78, 5) is 9.17. The maximum absolute atomic E-state index is 5.97. The molecule has 0 unspecified atom stereocenters. The van der Waals surface area contributed by atoms with Crippen LogP contribution in [0.2, 0.25) is 0 Å². The fraction of sp³-hybridized carbons (Fsp3) is 0.0588. The number of hydrogen-bond donors (Lipinski definition) is 0. The van der Waals surface area contributed by atoms with Crippen LogP contribution in [0.4, 0.5) is 0 Å². The van der Waals surface area contributed by atoms with E-state index in [0.717, 1.165) is 56.6 Å². The van der Waals surface area contributed by atoms with Gasteiger partial charge in [-0.1, -0.05) is 59.5 Å². The van der Waals surface area contributed by atoms with E-state index in [-0.39, 0.29) is 20.1 Å². The van der Waals surface area contributed by atoms with E-state index in [0.29, 0.717) is 0 Å². The van der Waals surface area contributed by atoms with Crippen LogP contribution in [0.3, 0.4) is 0 Å². The van der Waals surface area contributed by atoms with Gasteiger partial charge in [-0.05, 0) is 36.4 Å². The number of para-hydroxylation sites is 2. The largest absolute Gasteiger partial charge is 0.501 e. The monoisotopic (exact) mass is 682 g/mol. The van der Waals surface area contributed by atoms with Crippen molar-refractivity contribution in [3.05, 3.63) is 127 Å². The Hall–Kier alpha value is -4.31. The molecule has 1 aliphatic heterocycles. The van der Waals surface area contributed by atoms with Gasteiger partial charge >= 0.3 is 0 Å². The molecule has 0 spiro atoms. The van der Waals surface area contributed by atoms with Crippen LogP contribution < -0.4 is 0 Å². The van der Waals surface area contributed by atoms with Crippen LogP contribution in [0.15, 0.2) is 114 Å². The predicted molar refractivity (Wildman–Crippen MR) is 153 cm³/mol. The van der Waals surface area contributed by atoms with Gasteiger partial charge in [0.05, 0.1) is 22.4 Å². The second-order valence-electron chi connectivity index (χ2n) is 9.29. The van der Waals surface area contributed by atoms with Gasteiger partial charge in [-0.15, -0.1) is 54.1 Å². The van der Waals surface area contributed by atoms with Crippen LogP contribution in [0.5, 0.6) is 0 Å². The van der Waals surface area contributed by atoms with Gasteiger partial charge in [0.1, 0.15) is 5.58 Å². The number of nitrogens with zero attached hydrogens (tertiary/aromatic N) is 3. The van der Waals surface area contributed by atoms with Crippen molar-refractivity contribution < 1.29 is 24.5 Å². The summed E-state index contributed by atoms with van der Waals surface area (Å²) in [6.07, 6.45) is 4.04. The van der Waals surface area contributed by atoms with Crippen molar-refractivity contribution in [1.82, 2.24) is 14.5 Å². The zero-order chi connectivity index (χ0) is 25.5. The summed E-state index contributed by atoms with van der Waals surface area (Å²) >= 11 is 0. The van der Waals surface area contributed by atoms with Crippen LogP contribution in [0.1, 0.15) is 12.5 Å². The van der Waals surface area contributed by atoms with Gasteiger partial charge in [0.25, 0.3) is 0 Å². The number of imidazole rings is 1. The van der Waals surface area contributed by atoms with E-state index in [1.807, 2.05) is 66.7 Å². The Kier molecular flexibility index (Phi) is 6.70. The average Bonchev–Trinajstić information content (AvgIpc) is 3.56. The quantitative estimate of drug-likeness (QED) is 0.172. The molecule has 4 heterocycles. The van der Waals surface area contributed by atoms with Gasteiger partial charge in [0.15, 0.2) is 0 Å². The van der Waals surface area contributed by atoms with E-state index in [9.17, 15) is 0 Å². The standard InChI is InChI=1S/C17H13N2.C17H10NO.Ir/c1-12-10-11-19-16-14(12)8-5-9-15(16)18-17(19)13-6-3-2-4-7-13;1-2-10-16-12(6-1)13-7-5-8-14(17(13)19-16)15-9-3-4-11-18-15;/h2-6,8-10H,11H2,1H3;1-7,9-11H;/q2*-1;. The maximum atomic E-state index is 5.97. The minimum Gasteiger partial charge on any atom is -0.501 e. The number of fused-ring (bicyclic) bond motifs is 3. The van der Waals surface area contributed by atoms with Gasteiger partial charge in [-0.25, -0.2) is 0 Å². The summed E-state index contributed by atoms with van der Waals surface area (Å²) in [6.45, 7) is 3.05. The molecule has 4 nitrogen and oxygen atoms in total. The summed E-state index contributed by atoms with van der Waals surface area (Å²) in [5.74, 6) is 1.01. The van der Waals surface area contributed by atoms with Crippen LogP contribution in [-0.2, 0) is 26.7 Å². The number of rotatable bonds is 2. The van der Waals surface area contributed by atoms with Gasteiger partial charge in [-0.3, -0.25) is 4.98 Å². The summed E-state index contributed by atoms with van der Waals surface area (Å²) in [5.41, 5.74) is 9.53. The van der Waals surface area contributed by atoms with E-state index in [2.05, 4.69) is 65.0 Å². The molecule has 0 fully saturated rings. The van der Waals surface area contributed by atoms with Gasteiger partial charge in [0.2, 0.25) is 0 Å². The van der Waals surface area contributed by atoms with Crippen molar-refractivity contribution in [3.63, 3.8) is 0 Å². The molecule has 5 heteroatoms. The number of hydrogen-bond acceptors (Lipinski definition) is 3. The first-order chi connectivity index (χ1) is 18.8. The first-order valence-electron chi connectivity index (χ1n) is 12.6. The van der Waals surface area contributed by atoms with E-state index < -0.39 is 0 Å². The molecule has 3 aromatic heterocycles. The number of aromatic nitrogens is 3. The minimum atomic E-state index is 0. The second-order valence-corrected chi connectivity index (χ2v) is 9.29. The molecule has 0 amide bonds. The molecule has 4 aromatic carbocycles. The van der Waals surface area contributed by atoms with Crippen LogP contribution >= 0.6 is 0 Å². The molecule has 0 aliphatic carbocycles. The first kappa shape index (κ1) is 25.0. The number of benzene rings is 4. The third-order valence-electron chi connectivity index (χ3n) is 6.98. The Morgan fingerprint density at radius 3 is 2.54 bits per heavy atom. The van der Waals surface area contributed by atoms with E-state index in [4.69, 9.17) is 9.40 Å². The van der Waals surface area contributed by atoms with Crippen LogP contribution in [0, 0.1) is 12.1 Å². The number of pyridine rings is 1. The van der Waals surface area contributed by atoms with Crippen molar-refractivity contribution in [2.75, 3.05) is 0 Å². The Bertz CT molecular complexity index is 1950. The van der Waals surface area contributed by atoms with Gasteiger partial charge < -0.3 is 14.0 Å². The molecule has 1 aliphatic rings. The van der Waals surface area contributed by atoms with Crippen LogP contribution in [-0.4, -0.2) is 14.5 Å². The molecule has 1 radical (unpaired) electrons. The smallest absolute Gasteiger partial charge is 0.120 e. The minimum absolute atomic E-state index is 0. The van der Waals surface area contributed by atoms with Crippen molar-refractivity contribution in [3.8, 4) is 22.6 Å². The summed E-state index contributed by atoms with van der Waals surface area (Å²) in [5, 5.41) is 2.23. The van der Waals surface area contributed by atoms with Crippen molar-refractivity contribution >= 4 is 38.5 Å². The zero-order valence-corrected chi connectivity index (χ0v) is 23.6. The predicted octanol–water partition coefficient (Wildman–Crippen LogP) is 8.37. The normalized spacial score (nSPS) is 12.1. The molecular weight excluding hydrogens is 659 g/mol. The van der Waals surface area contributed by atoms with E-state index in [1.54, 1.807) is 6.20 Å². The SMILES string of the molecule is CC1=CCn2c(-c3[c-]cccc3)nc3cccc1c32.[Ir].[c-]1ccc2c(oc3ccccc32)c1-c1ccccn1. The summed E-state index contributed by atoms with van der Waals surface area (Å²) in [6, 6.07) is 38.7. The van der Waals surface area contributed by atoms with Gasteiger partial charge in [-0.2, -0.15) is 0 Å². The average molecular weight is 682 g/mol. The van der Waals surface area contributed by atoms with Crippen molar-refractivity contribution in [2.24, 2.45) is 0 Å². The molecular formula is C34H23IrN3O-2. The number of allylic oxidation sites excluding steroid dienone is 2. The molecule has 8 rings (SSSR count). The van der Waals surface area contributed by atoms with E-state index in [1.165, 1.54) is 16.7 Å². The number of furan rings is 1. The second kappa shape index (κ2) is 10.5. The molecule has 191 valence electrons. The summed E-state index contributed by atoms with van der Waals surface area (Å²) in [7, 11) is 0. The summed E-state index contributed by atoms with van der Waals surface area (Å²) < 4.78 is 8.25. The Morgan fingerprint density at radius 1 is 0.821 bits per heavy atom. The van der Waals surface area contributed by atoms with Crippen molar-refractivity contribution in [1.29, 1.82) is 0 Å². The molecule has 0 atom stereocenters. The molecule has 0 N–H and O–H groups in total. The maximum Gasteiger partial charge on any atom is 0.120 e. The fourth-order valence-electron chi connectivity index (χ4n) is 5.15.